The van der Waals surface area contributed by atoms with E-state index in [0.717, 1.165) is 0 Å². The molecule has 7 nitrogen and oxygen atoms in total. The van der Waals surface area contributed by atoms with Gasteiger partial charge < -0.3 is 19.6 Å². The van der Waals surface area contributed by atoms with Crippen LogP contribution in [0.1, 0.15) is 6.92 Å². The summed E-state index contributed by atoms with van der Waals surface area (Å²) in [6.07, 6.45) is -0.670. The molecule has 0 aromatic rings. The zero-order chi connectivity index (χ0) is 11.2. The van der Waals surface area contributed by atoms with Crippen LogP contribution in [0.3, 0.4) is 0 Å². The van der Waals surface area contributed by atoms with Crippen molar-refractivity contribution in [3.05, 3.63) is 0 Å². The first-order valence-corrected chi connectivity index (χ1v) is 5.75. The van der Waals surface area contributed by atoms with Crippen LogP contribution in [0, 0.1) is 0 Å². The molecule has 0 heterocycles. The lowest BCUT2D eigenvalue weighted by Gasteiger charge is -2.14. The van der Waals surface area contributed by atoms with E-state index in [1.165, 1.54) is 0 Å². The van der Waals surface area contributed by atoms with E-state index in [-0.39, 0.29) is 6.61 Å². The number of hydrogen-bond acceptors (Lipinski definition) is 4. The summed E-state index contributed by atoms with van der Waals surface area (Å²) >= 11 is 0. The molecule has 0 bridgehead atoms. The molecule has 0 aliphatic carbocycles. The molecule has 0 saturated carbocycles. The number of aliphatic carboxylic acids is 1. The minimum Gasteiger partial charge on any atom is -0.480 e. The van der Waals surface area contributed by atoms with Gasteiger partial charge in [0.05, 0.1) is 12.9 Å². The van der Waals surface area contributed by atoms with Gasteiger partial charge in [-0.05, 0) is 6.92 Å². The minimum absolute atomic E-state index is 0.119. The molecule has 14 heavy (non-hydrogen) atoms. The van der Waals surface area contributed by atoms with Crippen molar-refractivity contribution in [2.75, 3.05) is 19.5 Å². The van der Waals surface area contributed by atoms with Crippen LogP contribution in [0.5, 0.6) is 0 Å². The van der Waals surface area contributed by atoms with Crippen LogP contribution in [0.25, 0.3) is 0 Å². The maximum Gasteiger partial charge on any atom is 0.339 e. The lowest BCUT2D eigenvalue weighted by molar-refractivity contribution is -0.140. The van der Waals surface area contributed by atoms with Gasteiger partial charge in [-0.15, -0.1) is 0 Å². The summed E-state index contributed by atoms with van der Waals surface area (Å²) in [5.41, 5.74) is 0. The van der Waals surface area contributed by atoms with E-state index in [2.05, 4.69) is 5.32 Å². The Morgan fingerprint density at radius 1 is 1.57 bits per heavy atom. The number of rotatable bonds is 7. The normalized spacial score (nSPS) is 13.9. The van der Waals surface area contributed by atoms with Gasteiger partial charge in [-0.3, -0.25) is 14.7 Å². The van der Waals surface area contributed by atoms with Crippen LogP contribution < -0.4 is 5.32 Å². The lowest BCUT2D eigenvalue weighted by atomic mass is 10.3. The van der Waals surface area contributed by atoms with Gasteiger partial charge in [0.15, 0.2) is 0 Å². The topological polar surface area (TPSA) is 116 Å². The Hall–Kier alpha value is -0.460. The maximum atomic E-state index is 10.5. The van der Waals surface area contributed by atoms with Crippen LogP contribution >= 0.6 is 7.60 Å². The fraction of sp³-hybridized carbons (Fsp3) is 0.833. The SMILES string of the molecule is CCOC[C@H](NCP(=O)(O)O)C(=O)O. The van der Waals surface area contributed by atoms with Gasteiger partial charge in [-0.1, -0.05) is 0 Å². The summed E-state index contributed by atoms with van der Waals surface area (Å²) in [6.45, 7) is 1.93. The number of carboxylic acid groups (broad SMARTS) is 1. The number of hydrogen-bond donors (Lipinski definition) is 4. The van der Waals surface area contributed by atoms with E-state index in [0.29, 0.717) is 6.61 Å². The van der Waals surface area contributed by atoms with Crippen molar-refractivity contribution < 1.29 is 29.0 Å². The van der Waals surface area contributed by atoms with Gasteiger partial charge in [-0.2, -0.15) is 0 Å². The van der Waals surface area contributed by atoms with Crippen molar-refractivity contribution in [2.45, 2.75) is 13.0 Å². The first kappa shape index (κ1) is 13.5. The Bertz CT molecular complexity index is 226. The molecule has 1 atom stereocenters. The third-order valence-electron chi connectivity index (χ3n) is 1.33. The van der Waals surface area contributed by atoms with E-state index >= 15 is 0 Å². The smallest absolute Gasteiger partial charge is 0.339 e. The van der Waals surface area contributed by atoms with Gasteiger partial charge in [0.2, 0.25) is 0 Å². The Morgan fingerprint density at radius 3 is 2.50 bits per heavy atom. The van der Waals surface area contributed by atoms with Crippen LogP contribution in [0.15, 0.2) is 0 Å². The standard InChI is InChI=1S/C6H14NO6P/c1-2-13-3-5(6(8)9)7-4-14(10,11)12/h5,7H,2-4H2,1H3,(H,8,9)(H2,10,11,12)/t5-/m0/s1. The summed E-state index contributed by atoms with van der Waals surface area (Å²) in [5, 5.41) is 10.8. The summed E-state index contributed by atoms with van der Waals surface area (Å²) in [7, 11) is -4.22. The first-order valence-electron chi connectivity index (χ1n) is 3.95. The fourth-order valence-electron chi connectivity index (χ4n) is 0.682. The molecule has 0 aromatic carbocycles. The summed E-state index contributed by atoms with van der Waals surface area (Å²) in [5.74, 6) is -1.20. The molecular formula is C6H14NO6P. The zero-order valence-corrected chi connectivity index (χ0v) is 8.61. The molecule has 4 N–H and O–H groups in total. The Labute approximate surface area is 81.2 Å². The van der Waals surface area contributed by atoms with Gasteiger partial charge in [0.1, 0.15) is 6.04 Å². The second kappa shape index (κ2) is 6.10. The van der Waals surface area contributed by atoms with Crippen molar-refractivity contribution in [1.29, 1.82) is 0 Å². The van der Waals surface area contributed by atoms with E-state index in [9.17, 15) is 9.36 Å². The van der Waals surface area contributed by atoms with E-state index < -0.39 is 25.9 Å². The van der Waals surface area contributed by atoms with Gasteiger partial charge in [0.25, 0.3) is 0 Å². The largest absolute Gasteiger partial charge is 0.480 e. The molecule has 0 fully saturated rings. The molecule has 0 aliphatic heterocycles. The number of carboxylic acids is 1. The van der Waals surface area contributed by atoms with Gasteiger partial charge >= 0.3 is 13.6 Å². The molecule has 0 aromatic heterocycles. The third kappa shape index (κ3) is 6.99. The average molecular weight is 227 g/mol. The second-order valence-corrected chi connectivity index (χ2v) is 4.22. The number of carbonyl (C=O) groups is 1. The third-order valence-corrected chi connectivity index (χ3v) is 1.92. The predicted molar refractivity (Wildman–Crippen MR) is 48.0 cm³/mol. The fourth-order valence-corrected chi connectivity index (χ4v) is 1.14. The Balaban J connectivity index is 3.98. The zero-order valence-electron chi connectivity index (χ0n) is 7.71. The minimum atomic E-state index is -4.22. The molecule has 0 saturated heterocycles. The maximum absolute atomic E-state index is 10.5. The molecule has 0 aliphatic rings. The first-order chi connectivity index (χ1) is 6.37. The molecule has 84 valence electrons. The lowest BCUT2D eigenvalue weighted by Crippen LogP contribution is -2.41. The van der Waals surface area contributed by atoms with E-state index in [4.69, 9.17) is 19.6 Å². The average Bonchev–Trinajstić information content (AvgIpc) is 2.01. The molecular weight excluding hydrogens is 213 g/mol. The quantitative estimate of drug-likeness (QED) is 0.421. The molecule has 0 spiro atoms. The van der Waals surface area contributed by atoms with Crippen molar-refractivity contribution in [1.82, 2.24) is 5.32 Å². The highest BCUT2D eigenvalue weighted by Crippen LogP contribution is 2.32. The molecule has 0 unspecified atom stereocenters. The van der Waals surface area contributed by atoms with E-state index in [1.54, 1.807) is 6.92 Å². The van der Waals surface area contributed by atoms with E-state index in [1.807, 2.05) is 0 Å². The second-order valence-electron chi connectivity index (χ2n) is 2.58. The predicted octanol–water partition coefficient (Wildman–Crippen LogP) is -0.799. The summed E-state index contributed by atoms with van der Waals surface area (Å²) in [4.78, 5) is 27.5. The number of ether oxygens (including phenoxy) is 1. The molecule has 0 radical (unpaired) electrons. The highest BCUT2D eigenvalue weighted by atomic mass is 31.2. The molecule has 0 rings (SSSR count). The van der Waals surface area contributed by atoms with Crippen LogP contribution in [0.2, 0.25) is 0 Å². The Morgan fingerprint density at radius 2 is 2.14 bits per heavy atom. The summed E-state index contributed by atoms with van der Waals surface area (Å²) in [6, 6.07) is -1.09. The Kier molecular flexibility index (Phi) is 5.90. The highest BCUT2D eigenvalue weighted by Gasteiger charge is 2.21. The molecule has 8 heteroatoms. The van der Waals surface area contributed by atoms with Crippen LogP contribution in [0.4, 0.5) is 0 Å². The van der Waals surface area contributed by atoms with Crippen LogP contribution in [-0.4, -0.2) is 46.4 Å². The monoisotopic (exact) mass is 227 g/mol. The van der Waals surface area contributed by atoms with Crippen molar-refractivity contribution >= 4 is 13.6 Å². The van der Waals surface area contributed by atoms with Crippen molar-refractivity contribution in [3.63, 3.8) is 0 Å². The molecule has 0 amide bonds. The summed E-state index contributed by atoms with van der Waals surface area (Å²) < 4.78 is 15.3. The van der Waals surface area contributed by atoms with Gasteiger partial charge in [-0.25, -0.2) is 0 Å². The number of nitrogens with one attached hydrogen (secondary N) is 1. The van der Waals surface area contributed by atoms with Crippen molar-refractivity contribution in [2.24, 2.45) is 0 Å². The van der Waals surface area contributed by atoms with Crippen LogP contribution in [-0.2, 0) is 14.1 Å². The highest BCUT2D eigenvalue weighted by molar-refractivity contribution is 7.51. The van der Waals surface area contributed by atoms with Crippen molar-refractivity contribution in [3.8, 4) is 0 Å². The van der Waals surface area contributed by atoms with Gasteiger partial charge in [0, 0.05) is 6.61 Å².